The molecular weight excluding hydrogens is 240 g/mol. The van der Waals surface area contributed by atoms with Gasteiger partial charge < -0.3 is 5.73 Å². The first-order valence-corrected chi connectivity index (χ1v) is 5.27. The Kier molecular flexibility index (Phi) is 4.40. The van der Waals surface area contributed by atoms with Gasteiger partial charge in [0.2, 0.25) is 0 Å². The van der Waals surface area contributed by atoms with Gasteiger partial charge in [0.1, 0.15) is 0 Å². The summed E-state index contributed by atoms with van der Waals surface area (Å²) >= 11 is 3.38. The molecule has 1 aromatic carbocycles. The van der Waals surface area contributed by atoms with Crippen LogP contribution in [0.2, 0.25) is 0 Å². The van der Waals surface area contributed by atoms with Crippen molar-refractivity contribution in [2.75, 3.05) is 0 Å². The van der Waals surface area contributed by atoms with Gasteiger partial charge in [0.05, 0.1) is 5.69 Å². The van der Waals surface area contributed by atoms with Crippen LogP contribution < -0.4 is 5.73 Å². The van der Waals surface area contributed by atoms with Crippen LogP contribution in [0.4, 0.5) is 5.69 Å². The summed E-state index contributed by atoms with van der Waals surface area (Å²) in [5, 5.41) is 0. The zero-order valence-corrected chi connectivity index (χ0v) is 9.66. The maximum Gasteiger partial charge on any atom is 0.0633 e. The molecule has 0 atom stereocenters. The summed E-state index contributed by atoms with van der Waals surface area (Å²) in [6, 6.07) is 7.87. The van der Waals surface area contributed by atoms with E-state index >= 15 is 0 Å². The molecule has 74 valence electrons. The Labute approximate surface area is 92.7 Å². The molecule has 1 rings (SSSR count). The second kappa shape index (κ2) is 5.60. The maximum atomic E-state index is 5.31. The van der Waals surface area contributed by atoms with Crippen molar-refractivity contribution in [3.05, 3.63) is 41.0 Å². The molecule has 0 saturated heterocycles. The van der Waals surface area contributed by atoms with Crippen molar-refractivity contribution in [1.82, 2.24) is 0 Å². The number of rotatable bonds is 3. The predicted molar refractivity (Wildman–Crippen MR) is 64.9 cm³/mol. The van der Waals surface area contributed by atoms with Gasteiger partial charge in [0.25, 0.3) is 0 Å². The summed E-state index contributed by atoms with van der Waals surface area (Å²) in [6.07, 6.45) is 4.22. The molecule has 0 saturated carbocycles. The molecule has 3 heteroatoms. The highest BCUT2D eigenvalue weighted by Crippen LogP contribution is 2.17. The first-order chi connectivity index (χ1) is 6.76. The van der Waals surface area contributed by atoms with E-state index in [4.69, 9.17) is 5.73 Å². The second-order valence-electron chi connectivity index (χ2n) is 2.79. The summed E-state index contributed by atoms with van der Waals surface area (Å²) in [4.78, 5) is 4.44. The van der Waals surface area contributed by atoms with Crippen LogP contribution in [0.25, 0.3) is 0 Å². The number of nitrogens with two attached hydrogens (primary N) is 1. The Morgan fingerprint density at radius 3 is 2.57 bits per heavy atom. The Morgan fingerprint density at radius 2 is 2.07 bits per heavy atom. The van der Waals surface area contributed by atoms with E-state index in [0.717, 1.165) is 22.3 Å². The van der Waals surface area contributed by atoms with E-state index in [1.54, 1.807) is 0 Å². The van der Waals surface area contributed by atoms with Crippen LogP contribution in [0.15, 0.2) is 46.0 Å². The summed E-state index contributed by atoms with van der Waals surface area (Å²) in [7, 11) is 0. The fraction of sp³-hybridized carbons (Fsp3) is 0.182. The zero-order valence-electron chi connectivity index (χ0n) is 8.07. The molecule has 1 aromatic rings. The fourth-order valence-electron chi connectivity index (χ4n) is 1.03. The quantitative estimate of drug-likeness (QED) is 0.823. The van der Waals surface area contributed by atoms with E-state index < -0.39 is 0 Å². The van der Waals surface area contributed by atoms with E-state index in [1.165, 1.54) is 6.20 Å². The molecule has 2 N–H and O–H groups in total. The summed E-state index contributed by atoms with van der Waals surface area (Å²) in [6.45, 7) is 2.05. The summed E-state index contributed by atoms with van der Waals surface area (Å²) < 4.78 is 1.06. The van der Waals surface area contributed by atoms with Crippen LogP contribution in [0.3, 0.4) is 0 Å². The number of nitrogens with zero attached hydrogens (tertiary/aromatic N) is 1. The largest absolute Gasteiger partial charge is 0.405 e. The van der Waals surface area contributed by atoms with Crippen molar-refractivity contribution in [2.45, 2.75) is 13.3 Å². The van der Waals surface area contributed by atoms with Crippen LogP contribution in [0.1, 0.15) is 13.3 Å². The minimum atomic E-state index is 0.879. The van der Waals surface area contributed by atoms with E-state index in [0.29, 0.717) is 0 Å². The minimum absolute atomic E-state index is 0.879. The van der Waals surface area contributed by atoms with Crippen LogP contribution in [-0.2, 0) is 0 Å². The highest BCUT2D eigenvalue weighted by atomic mass is 79.9. The summed E-state index contributed by atoms with van der Waals surface area (Å²) in [5.41, 5.74) is 7.24. The lowest BCUT2D eigenvalue weighted by Gasteiger charge is -1.97. The van der Waals surface area contributed by atoms with Crippen LogP contribution >= 0.6 is 15.9 Å². The van der Waals surface area contributed by atoms with Crippen LogP contribution in [0, 0.1) is 0 Å². The average Bonchev–Trinajstić information content (AvgIpc) is 2.20. The van der Waals surface area contributed by atoms with Crippen molar-refractivity contribution in [3.63, 3.8) is 0 Å². The number of hydrogen-bond donors (Lipinski definition) is 1. The Balaban J connectivity index is 2.89. The van der Waals surface area contributed by atoms with Gasteiger partial charge in [-0.1, -0.05) is 22.9 Å². The Hall–Kier alpha value is -1.09. The molecule has 0 bridgehead atoms. The molecular formula is C11H13BrN2. The SMILES string of the molecule is CCC(/C=C\N)=Nc1ccc(Br)cc1. The summed E-state index contributed by atoms with van der Waals surface area (Å²) in [5.74, 6) is 0. The smallest absolute Gasteiger partial charge is 0.0633 e. The molecule has 0 aromatic heterocycles. The monoisotopic (exact) mass is 252 g/mol. The molecule has 2 nitrogen and oxygen atoms in total. The Morgan fingerprint density at radius 1 is 1.43 bits per heavy atom. The molecule has 14 heavy (non-hydrogen) atoms. The fourth-order valence-corrected chi connectivity index (χ4v) is 1.29. The van der Waals surface area contributed by atoms with Gasteiger partial charge in [0, 0.05) is 10.2 Å². The molecule has 0 aliphatic heterocycles. The lowest BCUT2D eigenvalue weighted by atomic mass is 10.2. The highest BCUT2D eigenvalue weighted by Gasteiger charge is 1.92. The van der Waals surface area contributed by atoms with Gasteiger partial charge in [0.15, 0.2) is 0 Å². The zero-order chi connectivity index (χ0) is 10.4. The molecule has 0 aliphatic carbocycles. The third-order valence-corrected chi connectivity index (χ3v) is 2.28. The van der Waals surface area contributed by atoms with Crippen molar-refractivity contribution in [2.24, 2.45) is 10.7 Å². The third-order valence-electron chi connectivity index (χ3n) is 1.75. The number of aliphatic imine (C=N–C) groups is 1. The standard InChI is InChI=1S/C11H13BrN2/c1-2-10(7-8-13)14-11-5-3-9(12)4-6-11/h3-8H,2,13H2,1H3/b8-7-,14-10?. The molecule has 0 radical (unpaired) electrons. The third kappa shape index (κ3) is 3.34. The highest BCUT2D eigenvalue weighted by molar-refractivity contribution is 9.10. The van der Waals surface area contributed by atoms with Gasteiger partial charge in [-0.05, 0) is 43.0 Å². The lowest BCUT2D eigenvalue weighted by molar-refractivity contribution is 1.27. The minimum Gasteiger partial charge on any atom is -0.405 e. The molecule has 0 amide bonds. The maximum absolute atomic E-state index is 5.31. The van der Waals surface area contributed by atoms with Gasteiger partial charge in [-0.15, -0.1) is 0 Å². The van der Waals surface area contributed by atoms with Crippen molar-refractivity contribution in [1.29, 1.82) is 0 Å². The normalized spacial score (nSPS) is 12.3. The molecule has 0 fully saturated rings. The van der Waals surface area contributed by atoms with Crippen molar-refractivity contribution in [3.8, 4) is 0 Å². The topological polar surface area (TPSA) is 38.4 Å². The number of hydrogen-bond acceptors (Lipinski definition) is 2. The van der Waals surface area contributed by atoms with E-state index in [2.05, 4.69) is 27.8 Å². The second-order valence-corrected chi connectivity index (χ2v) is 3.71. The Bertz CT molecular complexity index is 339. The van der Waals surface area contributed by atoms with Gasteiger partial charge >= 0.3 is 0 Å². The molecule has 0 spiro atoms. The first-order valence-electron chi connectivity index (χ1n) is 4.47. The predicted octanol–water partition coefficient (Wildman–Crippen LogP) is 3.40. The van der Waals surface area contributed by atoms with Crippen molar-refractivity contribution >= 4 is 27.3 Å². The molecule has 0 unspecified atom stereocenters. The van der Waals surface area contributed by atoms with Gasteiger partial charge in [-0.25, -0.2) is 0 Å². The first kappa shape index (κ1) is 11.0. The van der Waals surface area contributed by atoms with E-state index in [-0.39, 0.29) is 0 Å². The molecule has 0 heterocycles. The van der Waals surface area contributed by atoms with Crippen molar-refractivity contribution < 1.29 is 0 Å². The van der Waals surface area contributed by atoms with Gasteiger partial charge in [-0.2, -0.15) is 0 Å². The van der Waals surface area contributed by atoms with E-state index in [9.17, 15) is 0 Å². The van der Waals surface area contributed by atoms with Crippen LogP contribution in [0.5, 0.6) is 0 Å². The number of allylic oxidation sites excluding steroid dienone is 1. The van der Waals surface area contributed by atoms with Gasteiger partial charge in [-0.3, -0.25) is 4.99 Å². The number of halogens is 1. The number of benzene rings is 1. The van der Waals surface area contributed by atoms with E-state index in [1.807, 2.05) is 30.3 Å². The lowest BCUT2D eigenvalue weighted by Crippen LogP contribution is -1.91. The molecule has 0 aliphatic rings. The van der Waals surface area contributed by atoms with Crippen LogP contribution in [-0.4, -0.2) is 5.71 Å². The average molecular weight is 253 g/mol.